The molecule has 0 aliphatic carbocycles. The Hall–Kier alpha value is -0.860. The minimum absolute atomic E-state index is 0.229. The summed E-state index contributed by atoms with van der Waals surface area (Å²) in [4.78, 5) is 11.4. The summed E-state index contributed by atoms with van der Waals surface area (Å²) >= 11 is 0. The van der Waals surface area contributed by atoms with E-state index in [4.69, 9.17) is 10.9 Å². The maximum Gasteiger partial charge on any atom is 0.401 e. The number of hydrazine groups is 1. The molecule has 0 atom stereocenters. The Balaban J connectivity index is 4.08. The summed E-state index contributed by atoms with van der Waals surface area (Å²) in [6, 6.07) is 0. The lowest BCUT2D eigenvalue weighted by atomic mass is 10.4. The summed E-state index contributed by atoms with van der Waals surface area (Å²) in [5.74, 6) is 3.98. The van der Waals surface area contributed by atoms with E-state index in [1.54, 1.807) is 5.43 Å². The van der Waals surface area contributed by atoms with E-state index in [0.29, 0.717) is 0 Å². The number of rotatable bonds is 5. The molecule has 4 N–H and O–H groups in total. The zero-order valence-electron chi connectivity index (χ0n) is 7.34. The third-order valence-corrected chi connectivity index (χ3v) is 1.35. The first-order valence-corrected chi connectivity index (χ1v) is 3.78. The maximum atomic E-state index is 11.9. The van der Waals surface area contributed by atoms with E-state index in [1.807, 2.05) is 0 Å². The van der Waals surface area contributed by atoms with E-state index in [9.17, 15) is 18.0 Å². The molecular weight excluding hydrogens is 203 g/mol. The molecule has 0 aromatic carbocycles. The number of carbonyl (C=O) groups excluding carboxylic acids is 1. The van der Waals surface area contributed by atoms with E-state index < -0.39 is 31.8 Å². The number of nitrogens with one attached hydrogen (secondary N) is 1. The van der Waals surface area contributed by atoms with Crippen LogP contribution in [0.2, 0.25) is 0 Å². The van der Waals surface area contributed by atoms with Crippen LogP contribution in [0.3, 0.4) is 0 Å². The van der Waals surface area contributed by atoms with Crippen LogP contribution in [0.1, 0.15) is 0 Å². The first-order chi connectivity index (χ1) is 6.39. The highest BCUT2D eigenvalue weighted by Gasteiger charge is 2.31. The largest absolute Gasteiger partial charge is 0.401 e. The zero-order chi connectivity index (χ0) is 11.2. The molecule has 0 aromatic rings. The van der Waals surface area contributed by atoms with Gasteiger partial charge in [0.1, 0.15) is 0 Å². The van der Waals surface area contributed by atoms with E-state index in [-0.39, 0.29) is 6.54 Å². The van der Waals surface area contributed by atoms with Crippen molar-refractivity contribution in [1.82, 2.24) is 10.3 Å². The highest BCUT2D eigenvalue weighted by molar-refractivity contribution is 5.77. The number of hydrogen-bond acceptors (Lipinski definition) is 4. The Morgan fingerprint density at radius 3 is 2.43 bits per heavy atom. The van der Waals surface area contributed by atoms with Crippen LogP contribution in [-0.2, 0) is 4.79 Å². The monoisotopic (exact) mass is 215 g/mol. The van der Waals surface area contributed by atoms with Crippen LogP contribution in [0, 0.1) is 0 Å². The van der Waals surface area contributed by atoms with Crippen molar-refractivity contribution in [3.63, 3.8) is 0 Å². The number of carbonyl (C=O) groups is 1. The Morgan fingerprint density at radius 1 is 1.50 bits per heavy atom. The lowest BCUT2D eigenvalue weighted by Crippen LogP contribution is -2.44. The first-order valence-electron chi connectivity index (χ1n) is 3.78. The third kappa shape index (κ3) is 6.63. The van der Waals surface area contributed by atoms with E-state index in [2.05, 4.69) is 0 Å². The molecule has 0 spiro atoms. The number of aliphatic hydroxyl groups is 1. The second-order valence-corrected chi connectivity index (χ2v) is 2.62. The minimum atomic E-state index is -4.40. The van der Waals surface area contributed by atoms with Crippen molar-refractivity contribution >= 4 is 5.91 Å². The highest BCUT2D eigenvalue weighted by Crippen LogP contribution is 2.15. The van der Waals surface area contributed by atoms with Crippen molar-refractivity contribution < 1.29 is 23.1 Å². The van der Waals surface area contributed by atoms with Gasteiger partial charge in [-0.05, 0) is 0 Å². The van der Waals surface area contributed by atoms with Gasteiger partial charge in [-0.15, -0.1) is 0 Å². The Bertz CT molecular complexity index is 186. The number of hydrogen-bond donors (Lipinski definition) is 3. The predicted molar refractivity (Wildman–Crippen MR) is 41.9 cm³/mol. The van der Waals surface area contributed by atoms with Crippen LogP contribution in [0.25, 0.3) is 0 Å². The molecule has 0 aliphatic rings. The van der Waals surface area contributed by atoms with Gasteiger partial charge < -0.3 is 5.11 Å². The van der Waals surface area contributed by atoms with Gasteiger partial charge in [0.15, 0.2) is 0 Å². The molecule has 0 saturated heterocycles. The van der Waals surface area contributed by atoms with Gasteiger partial charge in [0.05, 0.1) is 19.7 Å². The van der Waals surface area contributed by atoms with Gasteiger partial charge in [-0.3, -0.25) is 15.1 Å². The van der Waals surface area contributed by atoms with Gasteiger partial charge in [0.2, 0.25) is 5.91 Å². The summed E-state index contributed by atoms with van der Waals surface area (Å²) in [6.07, 6.45) is -4.40. The van der Waals surface area contributed by atoms with Crippen molar-refractivity contribution in [3.05, 3.63) is 0 Å². The summed E-state index contributed by atoms with van der Waals surface area (Å²) in [5.41, 5.74) is 1.71. The number of halogens is 3. The highest BCUT2D eigenvalue weighted by atomic mass is 19.4. The van der Waals surface area contributed by atoms with Gasteiger partial charge >= 0.3 is 6.18 Å². The van der Waals surface area contributed by atoms with Gasteiger partial charge in [-0.1, -0.05) is 0 Å². The molecule has 0 rings (SSSR count). The maximum absolute atomic E-state index is 11.9. The smallest absolute Gasteiger partial charge is 0.395 e. The van der Waals surface area contributed by atoms with E-state index in [0.717, 1.165) is 4.90 Å². The van der Waals surface area contributed by atoms with Crippen LogP contribution < -0.4 is 11.3 Å². The van der Waals surface area contributed by atoms with Crippen LogP contribution >= 0.6 is 0 Å². The molecule has 0 bridgehead atoms. The Morgan fingerprint density at radius 2 is 2.07 bits per heavy atom. The summed E-state index contributed by atoms with van der Waals surface area (Å²) < 4.78 is 35.7. The minimum Gasteiger partial charge on any atom is -0.395 e. The fraction of sp³-hybridized carbons (Fsp3) is 0.833. The van der Waals surface area contributed by atoms with Crippen molar-refractivity contribution in [3.8, 4) is 0 Å². The number of nitrogens with two attached hydrogens (primary N) is 1. The summed E-state index contributed by atoms with van der Waals surface area (Å²) in [5, 5.41) is 8.45. The molecule has 0 unspecified atom stereocenters. The Labute approximate surface area is 78.6 Å². The molecule has 0 heterocycles. The fourth-order valence-electron chi connectivity index (χ4n) is 0.858. The molecule has 8 heteroatoms. The number of aliphatic hydroxyl groups excluding tert-OH is 1. The summed E-state index contributed by atoms with van der Waals surface area (Å²) in [7, 11) is 0. The number of amides is 1. The number of nitrogens with zero attached hydrogens (tertiary/aromatic N) is 1. The van der Waals surface area contributed by atoms with Gasteiger partial charge in [-0.2, -0.15) is 13.2 Å². The number of alkyl halides is 3. The topological polar surface area (TPSA) is 78.6 Å². The molecule has 5 nitrogen and oxygen atoms in total. The molecule has 1 amide bonds. The molecule has 0 aliphatic heterocycles. The molecule has 0 fully saturated rings. The Kier molecular flexibility index (Phi) is 5.43. The summed E-state index contributed by atoms with van der Waals surface area (Å²) in [6.45, 7) is -2.42. The zero-order valence-corrected chi connectivity index (χ0v) is 7.34. The third-order valence-electron chi connectivity index (χ3n) is 1.35. The normalized spacial score (nSPS) is 11.9. The molecule has 84 valence electrons. The second-order valence-electron chi connectivity index (χ2n) is 2.62. The van der Waals surface area contributed by atoms with Crippen molar-refractivity contribution in [1.29, 1.82) is 0 Å². The lowest BCUT2D eigenvalue weighted by Gasteiger charge is -2.21. The quantitative estimate of drug-likeness (QED) is 0.307. The lowest BCUT2D eigenvalue weighted by molar-refractivity contribution is -0.149. The average molecular weight is 215 g/mol. The molecular formula is C6H12F3N3O2. The molecule has 14 heavy (non-hydrogen) atoms. The van der Waals surface area contributed by atoms with Crippen molar-refractivity contribution in [2.24, 2.45) is 5.84 Å². The van der Waals surface area contributed by atoms with Crippen LogP contribution in [0.4, 0.5) is 13.2 Å². The van der Waals surface area contributed by atoms with Gasteiger partial charge in [0.25, 0.3) is 0 Å². The SMILES string of the molecule is NNC(=O)CN(CCO)CC(F)(F)F. The van der Waals surface area contributed by atoms with Gasteiger partial charge in [-0.25, -0.2) is 5.84 Å². The van der Waals surface area contributed by atoms with Crippen LogP contribution in [0.5, 0.6) is 0 Å². The predicted octanol–water partition coefficient (Wildman–Crippen LogP) is -1.17. The van der Waals surface area contributed by atoms with Crippen molar-refractivity contribution in [2.45, 2.75) is 6.18 Å². The van der Waals surface area contributed by atoms with Crippen LogP contribution in [-0.4, -0.2) is 48.3 Å². The molecule has 0 saturated carbocycles. The fourth-order valence-corrected chi connectivity index (χ4v) is 0.858. The van der Waals surface area contributed by atoms with Gasteiger partial charge in [0, 0.05) is 6.54 Å². The molecule has 0 aromatic heterocycles. The second kappa shape index (κ2) is 5.78. The van der Waals surface area contributed by atoms with E-state index in [1.165, 1.54) is 0 Å². The van der Waals surface area contributed by atoms with E-state index >= 15 is 0 Å². The standard InChI is InChI=1S/C6H12F3N3O2/c7-6(8,9)4-12(1-2-13)3-5(14)11-10/h13H,1-4,10H2,(H,11,14). The average Bonchev–Trinajstić information content (AvgIpc) is 2.01. The first kappa shape index (κ1) is 13.1. The molecule has 0 radical (unpaired) electrons. The van der Waals surface area contributed by atoms with Crippen LogP contribution in [0.15, 0.2) is 0 Å². The van der Waals surface area contributed by atoms with Crippen molar-refractivity contribution in [2.75, 3.05) is 26.2 Å².